The van der Waals surface area contributed by atoms with Crippen LogP contribution in [0.15, 0.2) is 16.9 Å². The van der Waals surface area contributed by atoms with Crippen LogP contribution in [0.3, 0.4) is 0 Å². The third-order valence-electron chi connectivity index (χ3n) is 4.88. The monoisotopic (exact) mass is 321 g/mol. The minimum absolute atomic E-state index is 0.00843. The first-order valence-electron chi connectivity index (χ1n) is 8.32. The molecule has 2 saturated heterocycles. The lowest BCUT2D eigenvalue weighted by atomic mass is 10.1. The van der Waals surface area contributed by atoms with Gasteiger partial charge in [0.1, 0.15) is 0 Å². The molecule has 1 aromatic heterocycles. The van der Waals surface area contributed by atoms with Gasteiger partial charge in [-0.3, -0.25) is 4.79 Å². The molecule has 0 radical (unpaired) electrons. The van der Waals surface area contributed by atoms with Crippen LogP contribution in [-0.4, -0.2) is 46.6 Å². The predicted molar refractivity (Wildman–Crippen MR) is 87.6 cm³/mol. The van der Waals surface area contributed by atoms with E-state index in [1.807, 2.05) is 17.8 Å². The summed E-state index contributed by atoms with van der Waals surface area (Å²) in [5.74, 6) is 3.02. The molecule has 22 heavy (non-hydrogen) atoms. The van der Waals surface area contributed by atoms with Gasteiger partial charge in [-0.25, -0.2) is 4.68 Å². The van der Waals surface area contributed by atoms with Crippen molar-refractivity contribution in [1.82, 2.24) is 15.1 Å². The Hall–Kier alpha value is -0.850. The normalized spacial score (nSPS) is 29.8. The molecule has 1 aromatic rings. The first kappa shape index (κ1) is 14.7. The van der Waals surface area contributed by atoms with E-state index in [4.69, 9.17) is 4.74 Å². The van der Waals surface area contributed by atoms with Crippen molar-refractivity contribution in [2.24, 2.45) is 0 Å². The van der Waals surface area contributed by atoms with Crippen molar-refractivity contribution in [3.8, 4) is 0 Å². The Bertz CT molecular complexity index is 581. The van der Waals surface area contributed by atoms with E-state index in [0.717, 1.165) is 5.69 Å². The van der Waals surface area contributed by atoms with Crippen molar-refractivity contribution in [2.75, 3.05) is 24.7 Å². The molecule has 2 unspecified atom stereocenters. The van der Waals surface area contributed by atoms with E-state index in [0.29, 0.717) is 25.2 Å². The van der Waals surface area contributed by atoms with E-state index in [2.05, 4.69) is 10.4 Å². The number of nitrogens with zero attached hydrogens (tertiary/aromatic N) is 2. The maximum Gasteiger partial charge on any atom is 0.267 e. The summed E-state index contributed by atoms with van der Waals surface area (Å²) in [6.07, 6.45) is 4.82. The number of ether oxygens (including phenoxy) is 1. The summed E-state index contributed by atoms with van der Waals surface area (Å²) in [6, 6.07) is 4.35. The fourth-order valence-corrected chi connectivity index (χ4v) is 4.49. The number of nitrogens with one attached hydrogen (secondary N) is 1. The second-order valence-electron chi connectivity index (χ2n) is 6.58. The second-order valence-corrected chi connectivity index (χ2v) is 7.80. The first-order chi connectivity index (χ1) is 10.8. The van der Waals surface area contributed by atoms with Crippen LogP contribution in [0.1, 0.15) is 43.3 Å². The summed E-state index contributed by atoms with van der Waals surface area (Å²) in [7, 11) is 0. The van der Waals surface area contributed by atoms with Gasteiger partial charge in [-0.05, 0) is 43.3 Å². The van der Waals surface area contributed by atoms with Crippen LogP contribution >= 0.6 is 11.8 Å². The predicted octanol–water partition coefficient (Wildman–Crippen LogP) is 1.55. The van der Waals surface area contributed by atoms with E-state index in [1.165, 1.54) is 37.2 Å². The van der Waals surface area contributed by atoms with E-state index in [-0.39, 0.29) is 17.6 Å². The average Bonchev–Trinajstić information content (AvgIpc) is 3.29. The number of rotatable bonds is 4. The third kappa shape index (κ3) is 3.09. The highest BCUT2D eigenvalue weighted by molar-refractivity contribution is 7.99. The van der Waals surface area contributed by atoms with Crippen LogP contribution < -0.4 is 10.9 Å². The molecule has 4 rings (SSSR count). The van der Waals surface area contributed by atoms with Gasteiger partial charge in [0.25, 0.3) is 5.56 Å². The quantitative estimate of drug-likeness (QED) is 0.912. The van der Waals surface area contributed by atoms with E-state index in [9.17, 15) is 4.79 Å². The number of hydrogen-bond donors (Lipinski definition) is 1. The van der Waals surface area contributed by atoms with Crippen LogP contribution in [0.5, 0.6) is 0 Å². The van der Waals surface area contributed by atoms with Gasteiger partial charge in [-0.2, -0.15) is 16.9 Å². The van der Waals surface area contributed by atoms with Crippen molar-refractivity contribution in [3.63, 3.8) is 0 Å². The lowest BCUT2D eigenvalue weighted by molar-refractivity contribution is 0.179. The molecule has 5 nitrogen and oxygen atoms in total. The smallest absolute Gasteiger partial charge is 0.267 e. The summed E-state index contributed by atoms with van der Waals surface area (Å²) < 4.78 is 7.35. The highest BCUT2D eigenvalue weighted by atomic mass is 32.2. The molecule has 3 fully saturated rings. The molecule has 3 aliphatic rings. The van der Waals surface area contributed by atoms with Crippen LogP contribution in [0, 0.1) is 0 Å². The zero-order chi connectivity index (χ0) is 14.9. The molecule has 0 amide bonds. The van der Waals surface area contributed by atoms with Crippen molar-refractivity contribution in [3.05, 3.63) is 28.2 Å². The van der Waals surface area contributed by atoms with Crippen LogP contribution in [-0.2, 0) is 4.74 Å². The SMILES string of the molecule is O=c1ccc(C2CC2)nn1C1COCC1NC1CCSCC1. The topological polar surface area (TPSA) is 56.2 Å². The summed E-state index contributed by atoms with van der Waals surface area (Å²) >= 11 is 2.03. The molecule has 0 spiro atoms. The average molecular weight is 321 g/mol. The maximum absolute atomic E-state index is 12.3. The molecule has 1 N–H and O–H groups in total. The fraction of sp³-hybridized carbons (Fsp3) is 0.750. The number of thioether (sulfide) groups is 1. The van der Waals surface area contributed by atoms with Crippen molar-refractivity contribution in [2.45, 2.75) is 49.7 Å². The summed E-state index contributed by atoms with van der Waals surface area (Å²) in [6.45, 7) is 1.26. The molecule has 0 aromatic carbocycles. The van der Waals surface area contributed by atoms with Crippen molar-refractivity contribution in [1.29, 1.82) is 0 Å². The highest BCUT2D eigenvalue weighted by Crippen LogP contribution is 2.38. The Balaban J connectivity index is 1.52. The van der Waals surface area contributed by atoms with Gasteiger partial charge in [-0.1, -0.05) is 0 Å². The van der Waals surface area contributed by atoms with E-state index < -0.39 is 0 Å². The second kappa shape index (κ2) is 6.34. The Labute approximate surface area is 134 Å². The Morgan fingerprint density at radius 3 is 2.77 bits per heavy atom. The molecule has 2 atom stereocenters. The minimum atomic E-state index is -0.00843. The van der Waals surface area contributed by atoms with Gasteiger partial charge in [0.05, 0.1) is 31.0 Å². The van der Waals surface area contributed by atoms with E-state index in [1.54, 1.807) is 10.7 Å². The molecular formula is C16H23N3O2S. The van der Waals surface area contributed by atoms with Crippen LogP contribution in [0.4, 0.5) is 0 Å². The largest absolute Gasteiger partial charge is 0.377 e. The fourth-order valence-electron chi connectivity index (χ4n) is 3.38. The molecule has 120 valence electrons. The van der Waals surface area contributed by atoms with Gasteiger partial charge in [0.2, 0.25) is 0 Å². The van der Waals surface area contributed by atoms with E-state index >= 15 is 0 Å². The molecule has 6 heteroatoms. The van der Waals surface area contributed by atoms with Gasteiger partial charge >= 0.3 is 0 Å². The lowest BCUT2D eigenvalue weighted by Crippen LogP contribution is -2.47. The Morgan fingerprint density at radius 2 is 2.00 bits per heavy atom. The lowest BCUT2D eigenvalue weighted by Gasteiger charge is -2.28. The summed E-state index contributed by atoms with van der Waals surface area (Å²) in [4.78, 5) is 12.3. The van der Waals surface area contributed by atoms with Gasteiger partial charge in [0, 0.05) is 18.0 Å². The van der Waals surface area contributed by atoms with Gasteiger partial charge in [0.15, 0.2) is 0 Å². The van der Waals surface area contributed by atoms with Crippen LogP contribution in [0.2, 0.25) is 0 Å². The number of aromatic nitrogens is 2. The molecular weight excluding hydrogens is 298 g/mol. The van der Waals surface area contributed by atoms with Gasteiger partial charge < -0.3 is 10.1 Å². The maximum atomic E-state index is 12.3. The molecule has 3 heterocycles. The third-order valence-corrected chi connectivity index (χ3v) is 5.93. The standard InChI is InChI=1S/C16H23N3O2S/c20-16-4-3-13(11-1-2-11)18-19(16)15-10-21-9-14(15)17-12-5-7-22-8-6-12/h3-4,11-12,14-15,17H,1-2,5-10H2. The van der Waals surface area contributed by atoms with Crippen molar-refractivity contribution < 1.29 is 4.74 Å². The highest BCUT2D eigenvalue weighted by Gasteiger charge is 2.34. The zero-order valence-electron chi connectivity index (χ0n) is 12.7. The van der Waals surface area contributed by atoms with Crippen molar-refractivity contribution >= 4 is 11.8 Å². The Kier molecular flexibility index (Phi) is 4.24. The minimum Gasteiger partial charge on any atom is -0.377 e. The summed E-state index contributed by atoms with van der Waals surface area (Å²) in [5.41, 5.74) is 1.06. The Morgan fingerprint density at radius 1 is 1.18 bits per heavy atom. The number of hydrogen-bond acceptors (Lipinski definition) is 5. The zero-order valence-corrected chi connectivity index (χ0v) is 13.6. The van der Waals surface area contributed by atoms with Crippen LogP contribution in [0.25, 0.3) is 0 Å². The molecule has 2 aliphatic heterocycles. The summed E-state index contributed by atoms with van der Waals surface area (Å²) in [5, 5.41) is 8.36. The first-order valence-corrected chi connectivity index (χ1v) is 9.48. The molecule has 1 aliphatic carbocycles. The molecule has 1 saturated carbocycles. The molecule has 0 bridgehead atoms. The van der Waals surface area contributed by atoms with Gasteiger partial charge in [-0.15, -0.1) is 0 Å².